The summed E-state index contributed by atoms with van der Waals surface area (Å²) in [4.78, 5) is 11.5. The summed E-state index contributed by atoms with van der Waals surface area (Å²) in [6.45, 7) is 5.37. The maximum Gasteiger partial charge on any atom is 0.434 e. The number of aliphatic hydroxyl groups excluding tert-OH is 1. The molecule has 6 heteroatoms. The molecule has 142 valence electrons. The van der Waals surface area contributed by atoms with E-state index in [1.165, 1.54) is 6.42 Å². The van der Waals surface area contributed by atoms with Crippen molar-refractivity contribution >= 4 is 6.09 Å². The Labute approximate surface area is 146 Å². The van der Waals surface area contributed by atoms with Crippen LogP contribution in [0, 0.1) is 0 Å². The minimum absolute atomic E-state index is 0.0189. The number of carbonyl (C=O) groups excluding carboxylic acids is 1. The molecule has 1 amide bonds. The van der Waals surface area contributed by atoms with E-state index < -0.39 is 11.7 Å². The molecule has 6 nitrogen and oxygen atoms in total. The molecular formula is C18H36N2O4. The zero-order valence-electron chi connectivity index (χ0n) is 15.8. The monoisotopic (exact) mass is 344 g/mol. The average Bonchev–Trinajstić information content (AvgIpc) is 2.55. The Kier molecular flexibility index (Phi) is 9.02. The number of aliphatic hydroxyl groups is 1. The van der Waals surface area contributed by atoms with Gasteiger partial charge < -0.3 is 15.2 Å². The second-order valence-corrected chi connectivity index (χ2v) is 7.91. The standard InChI is InChI=1S/C11H21NO3.C7H15NO/c1-11(2,3)15-10(13)12(14)9-7-5-4-6-8-9;1-8-6-2-4-7(9)5-3-6/h9,14H,4-8H2,1-3H3;6-9H,2-5H2,1H3. The number of nitrogens with one attached hydrogen (secondary N) is 1. The van der Waals surface area contributed by atoms with Crippen LogP contribution in [0.15, 0.2) is 0 Å². The van der Waals surface area contributed by atoms with Gasteiger partial charge in [0.05, 0.1) is 12.1 Å². The molecular weight excluding hydrogens is 308 g/mol. The van der Waals surface area contributed by atoms with Crippen molar-refractivity contribution in [3.8, 4) is 0 Å². The molecule has 0 saturated heterocycles. The second kappa shape index (κ2) is 10.2. The van der Waals surface area contributed by atoms with Gasteiger partial charge in [0.25, 0.3) is 0 Å². The van der Waals surface area contributed by atoms with Gasteiger partial charge >= 0.3 is 6.09 Å². The van der Waals surface area contributed by atoms with Crippen LogP contribution >= 0.6 is 0 Å². The van der Waals surface area contributed by atoms with E-state index in [4.69, 9.17) is 9.84 Å². The Balaban J connectivity index is 0.000000272. The molecule has 0 aromatic rings. The Morgan fingerprint density at radius 3 is 2.04 bits per heavy atom. The molecule has 0 aromatic heterocycles. The fourth-order valence-corrected chi connectivity index (χ4v) is 3.15. The van der Waals surface area contributed by atoms with Crippen LogP contribution in [0.2, 0.25) is 0 Å². The SMILES string of the molecule is CC(C)(C)OC(=O)N(O)C1CCCCC1.CNC1CCC(O)CC1. The first-order valence-corrected chi connectivity index (χ1v) is 9.29. The number of rotatable bonds is 2. The maximum absolute atomic E-state index is 11.5. The summed E-state index contributed by atoms with van der Waals surface area (Å²) in [5, 5.41) is 22.7. The molecule has 2 fully saturated rings. The lowest BCUT2D eigenvalue weighted by Gasteiger charge is -2.30. The largest absolute Gasteiger partial charge is 0.442 e. The average molecular weight is 344 g/mol. The van der Waals surface area contributed by atoms with Crippen molar-refractivity contribution in [1.29, 1.82) is 0 Å². The van der Waals surface area contributed by atoms with Gasteiger partial charge in [0.15, 0.2) is 0 Å². The summed E-state index contributed by atoms with van der Waals surface area (Å²) in [6, 6.07) is 0.599. The molecule has 24 heavy (non-hydrogen) atoms. The zero-order chi connectivity index (χ0) is 18.2. The number of carbonyl (C=O) groups is 1. The summed E-state index contributed by atoms with van der Waals surface area (Å²) in [6.07, 6.45) is 8.66. The third kappa shape index (κ3) is 8.31. The van der Waals surface area contributed by atoms with E-state index in [0.717, 1.165) is 56.4 Å². The zero-order valence-corrected chi connectivity index (χ0v) is 15.8. The first kappa shape index (κ1) is 21.2. The summed E-state index contributed by atoms with van der Waals surface area (Å²) in [7, 11) is 1.99. The van der Waals surface area contributed by atoms with Crippen LogP contribution in [-0.4, -0.2) is 52.3 Å². The minimum atomic E-state index is -0.630. The Hall–Kier alpha value is -0.850. The van der Waals surface area contributed by atoms with Gasteiger partial charge in [-0.2, -0.15) is 5.06 Å². The third-order valence-electron chi connectivity index (χ3n) is 4.61. The predicted octanol–water partition coefficient (Wildman–Crippen LogP) is 3.45. The van der Waals surface area contributed by atoms with E-state index in [0.29, 0.717) is 6.04 Å². The van der Waals surface area contributed by atoms with E-state index in [-0.39, 0.29) is 12.1 Å². The number of hydrogen-bond donors (Lipinski definition) is 3. The van der Waals surface area contributed by atoms with Crippen LogP contribution in [0.5, 0.6) is 0 Å². The Bertz CT molecular complexity index is 357. The minimum Gasteiger partial charge on any atom is -0.442 e. The van der Waals surface area contributed by atoms with Gasteiger partial charge in [0.2, 0.25) is 0 Å². The van der Waals surface area contributed by atoms with Crippen LogP contribution in [0.1, 0.15) is 78.6 Å². The van der Waals surface area contributed by atoms with Crippen molar-refractivity contribution in [3.05, 3.63) is 0 Å². The lowest BCUT2D eigenvalue weighted by atomic mass is 9.93. The number of ether oxygens (including phenoxy) is 1. The molecule has 3 N–H and O–H groups in total. The van der Waals surface area contributed by atoms with Gasteiger partial charge in [0, 0.05) is 6.04 Å². The van der Waals surface area contributed by atoms with E-state index in [1.54, 1.807) is 20.8 Å². The number of amides is 1. The van der Waals surface area contributed by atoms with E-state index >= 15 is 0 Å². The molecule has 0 aliphatic heterocycles. The van der Waals surface area contributed by atoms with E-state index in [9.17, 15) is 10.0 Å². The van der Waals surface area contributed by atoms with Crippen LogP contribution in [0.25, 0.3) is 0 Å². The predicted molar refractivity (Wildman–Crippen MR) is 94.1 cm³/mol. The second-order valence-electron chi connectivity index (χ2n) is 7.91. The molecule has 2 aliphatic carbocycles. The summed E-state index contributed by atoms with van der Waals surface area (Å²) in [5.41, 5.74) is -0.549. The Morgan fingerprint density at radius 1 is 1.04 bits per heavy atom. The highest BCUT2D eigenvalue weighted by Gasteiger charge is 2.28. The normalized spacial score (nSPS) is 25.4. The lowest BCUT2D eigenvalue weighted by molar-refractivity contribution is -0.126. The number of hydroxylamine groups is 2. The van der Waals surface area contributed by atoms with Gasteiger partial charge in [-0.1, -0.05) is 19.3 Å². The highest BCUT2D eigenvalue weighted by molar-refractivity contribution is 5.67. The van der Waals surface area contributed by atoms with E-state index in [1.807, 2.05) is 7.05 Å². The van der Waals surface area contributed by atoms with Crippen molar-refractivity contribution in [3.63, 3.8) is 0 Å². The van der Waals surface area contributed by atoms with Crippen molar-refractivity contribution in [1.82, 2.24) is 10.4 Å². The summed E-state index contributed by atoms with van der Waals surface area (Å²) >= 11 is 0. The van der Waals surface area contributed by atoms with Gasteiger partial charge in [-0.3, -0.25) is 5.21 Å². The van der Waals surface area contributed by atoms with Crippen LogP contribution in [0.3, 0.4) is 0 Å². The number of nitrogens with zero attached hydrogens (tertiary/aromatic N) is 1. The van der Waals surface area contributed by atoms with Crippen molar-refractivity contribution in [2.45, 2.75) is 102 Å². The molecule has 0 spiro atoms. The third-order valence-corrected chi connectivity index (χ3v) is 4.61. The molecule has 0 unspecified atom stereocenters. The molecule has 0 radical (unpaired) electrons. The van der Waals surface area contributed by atoms with Crippen LogP contribution in [0.4, 0.5) is 4.79 Å². The summed E-state index contributed by atoms with van der Waals surface area (Å²) < 4.78 is 5.09. The number of hydrogen-bond acceptors (Lipinski definition) is 5. The fourth-order valence-electron chi connectivity index (χ4n) is 3.15. The topological polar surface area (TPSA) is 82.0 Å². The maximum atomic E-state index is 11.5. The molecule has 0 heterocycles. The van der Waals surface area contributed by atoms with E-state index in [2.05, 4.69) is 5.32 Å². The first-order valence-electron chi connectivity index (χ1n) is 9.29. The van der Waals surface area contributed by atoms with Crippen molar-refractivity contribution in [2.75, 3.05) is 7.05 Å². The molecule has 0 atom stereocenters. The van der Waals surface area contributed by atoms with Crippen molar-refractivity contribution < 1.29 is 19.8 Å². The molecule has 2 saturated carbocycles. The van der Waals surface area contributed by atoms with Crippen LogP contribution < -0.4 is 5.32 Å². The summed E-state index contributed by atoms with van der Waals surface area (Å²) in [5.74, 6) is 0. The smallest absolute Gasteiger partial charge is 0.434 e. The quantitative estimate of drug-likeness (QED) is 0.528. The fraction of sp³-hybridized carbons (Fsp3) is 0.944. The highest BCUT2D eigenvalue weighted by atomic mass is 16.6. The van der Waals surface area contributed by atoms with Gasteiger partial charge in [-0.15, -0.1) is 0 Å². The molecule has 2 aliphatic rings. The molecule has 0 aromatic carbocycles. The van der Waals surface area contributed by atoms with Gasteiger partial charge in [-0.25, -0.2) is 4.79 Å². The van der Waals surface area contributed by atoms with Crippen LogP contribution in [-0.2, 0) is 4.74 Å². The lowest BCUT2D eigenvalue weighted by Crippen LogP contribution is -2.42. The van der Waals surface area contributed by atoms with Gasteiger partial charge in [-0.05, 0) is 66.3 Å². The van der Waals surface area contributed by atoms with Gasteiger partial charge in [0.1, 0.15) is 5.60 Å². The Morgan fingerprint density at radius 2 is 1.58 bits per heavy atom. The van der Waals surface area contributed by atoms with Crippen molar-refractivity contribution in [2.24, 2.45) is 0 Å². The molecule has 2 rings (SSSR count). The molecule has 0 bridgehead atoms. The highest BCUT2D eigenvalue weighted by Crippen LogP contribution is 2.22. The first-order chi connectivity index (χ1) is 11.2.